The highest BCUT2D eigenvalue weighted by molar-refractivity contribution is 5.93. The molecule has 0 aliphatic carbocycles. The van der Waals surface area contributed by atoms with Crippen molar-refractivity contribution < 1.29 is 23.5 Å². The molecule has 0 radical (unpaired) electrons. The number of carbonyl (C=O) groups excluding carboxylic acids is 2. The number of ether oxygens (including phenoxy) is 2. The van der Waals surface area contributed by atoms with Crippen LogP contribution in [0.3, 0.4) is 0 Å². The SMILES string of the molecule is Cc1ccc(-c2cc(C(=O)OC3COC3C(N)=O)cc(-n3nnnc3C(C)C)c2)c(F)c1. The Balaban J connectivity index is 1.78. The van der Waals surface area contributed by atoms with E-state index in [1.165, 1.54) is 16.8 Å². The topological polar surface area (TPSA) is 122 Å². The van der Waals surface area contributed by atoms with E-state index in [0.717, 1.165) is 5.56 Å². The first kappa shape index (κ1) is 21.6. The van der Waals surface area contributed by atoms with Gasteiger partial charge in [-0.1, -0.05) is 26.0 Å². The van der Waals surface area contributed by atoms with Crippen molar-refractivity contribution in [3.05, 3.63) is 59.2 Å². The third-order valence-corrected chi connectivity index (χ3v) is 5.16. The van der Waals surface area contributed by atoms with Crippen LogP contribution in [0.4, 0.5) is 4.39 Å². The number of tetrazole rings is 1. The highest BCUT2D eigenvalue weighted by Gasteiger charge is 2.40. The summed E-state index contributed by atoms with van der Waals surface area (Å²) in [5.74, 6) is -1.25. The van der Waals surface area contributed by atoms with Gasteiger partial charge in [0.25, 0.3) is 5.91 Å². The van der Waals surface area contributed by atoms with E-state index < -0.39 is 29.9 Å². The molecular weight excluding hydrogens is 417 g/mol. The van der Waals surface area contributed by atoms with E-state index >= 15 is 0 Å². The van der Waals surface area contributed by atoms with Gasteiger partial charge in [-0.05, 0) is 52.7 Å². The molecule has 4 rings (SSSR count). The van der Waals surface area contributed by atoms with E-state index in [1.807, 2.05) is 13.8 Å². The third kappa shape index (κ3) is 4.09. The van der Waals surface area contributed by atoms with Crippen LogP contribution in [0.25, 0.3) is 16.8 Å². The monoisotopic (exact) mass is 439 g/mol. The lowest BCUT2D eigenvalue weighted by atomic mass is 10.00. The van der Waals surface area contributed by atoms with Gasteiger partial charge in [0.1, 0.15) is 5.82 Å². The lowest BCUT2D eigenvalue weighted by Gasteiger charge is -2.33. The molecule has 1 amide bonds. The summed E-state index contributed by atoms with van der Waals surface area (Å²) in [5, 5.41) is 11.8. The van der Waals surface area contributed by atoms with Crippen molar-refractivity contribution in [2.75, 3.05) is 6.61 Å². The summed E-state index contributed by atoms with van der Waals surface area (Å²) < 4.78 is 26.7. The van der Waals surface area contributed by atoms with Crippen LogP contribution < -0.4 is 5.73 Å². The van der Waals surface area contributed by atoms with Gasteiger partial charge < -0.3 is 15.2 Å². The summed E-state index contributed by atoms with van der Waals surface area (Å²) in [7, 11) is 0. The van der Waals surface area contributed by atoms with Gasteiger partial charge in [-0.25, -0.2) is 9.18 Å². The van der Waals surface area contributed by atoms with E-state index in [4.69, 9.17) is 15.2 Å². The van der Waals surface area contributed by atoms with Gasteiger partial charge in [0.2, 0.25) is 0 Å². The van der Waals surface area contributed by atoms with Crippen molar-refractivity contribution in [1.29, 1.82) is 0 Å². The van der Waals surface area contributed by atoms with Gasteiger partial charge in [0.15, 0.2) is 18.0 Å². The van der Waals surface area contributed by atoms with E-state index in [-0.39, 0.29) is 18.1 Å². The second-order valence-electron chi connectivity index (χ2n) is 7.96. The molecule has 2 atom stereocenters. The molecule has 166 valence electrons. The molecule has 2 unspecified atom stereocenters. The van der Waals surface area contributed by atoms with Crippen molar-refractivity contribution in [2.24, 2.45) is 5.73 Å². The largest absolute Gasteiger partial charge is 0.453 e. The number of aromatic nitrogens is 4. The van der Waals surface area contributed by atoms with Gasteiger partial charge in [-0.15, -0.1) is 5.10 Å². The van der Waals surface area contributed by atoms with Crippen molar-refractivity contribution in [3.8, 4) is 16.8 Å². The van der Waals surface area contributed by atoms with Crippen molar-refractivity contribution in [2.45, 2.75) is 38.9 Å². The number of aryl methyl sites for hydroxylation is 1. The number of hydrogen-bond donors (Lipinski definition) is 1. The maximum absolute atomic E-state index is 14.7. The fourth-order valence-electron chi connectivity index (χ4n) is 3.44. The molecule has 1 saturated heterocycles. The molecule has 0 bridgehead atoms. The number of benzene rings is 2. The van der Waals surface area contributed by atoms with Crippen molar-refractivity contribution in [3.63, 3.8) is 0 Å². The summed E-state index contributed by atoms with van der Waals surface area (Å²) in [5.41, 5.74) is 7.40. The third-order valence-electron chi connectivity index (χ3n) is 5.16. The number of esters is 1. The number of amides is 1. The molecule has 1 aromatic heterocycles. The maximum atomic E-state index is 14.7. The average molecular weight is 439 g/mol. The highest BCUT2D eigenvalue weighted by atomic mass is 19.1. The van der Waals surface area contributed by atoms with Crippen LogP contribution >= 0.6 is 0 Å². The summed E-state index contributed by atoms with van der Waals surface area (Å²) >= 11 is 0. The highest BCUT2D eigenvalue weighted by Crippen LogP contribution is 2.29. The summed E-state index contributed by atoms with van der Waals surface area (Å²) in [6.07, 6.45) is -1.76. The molecule has 3 aromatic rings. The van der Waals surface area contributed by atoms with Gasteiger partial charge >= 0.3 is 5.97 Å². The fraction of sp³-hybridized carbons (Fsp3) is 0.318. The Kier molecular flexibility index (Phi) is 5.70. The number of halogens is 1. The molecule has 2 aromatic carbocycles. The molecule has 2 N–H and O–H groups in total. The van der Waals surface area contributed by atoms with Crippen LogP contribution in [0.1, 0.15) is 41.5 Å². The normalized spacial score (nSPS) is 17.8. The number of hydrogen-bond acceptors (Lipinski definition) is 7. The lowest BCUT2D eigenvalue weighted by molar-refractivity contribution is -0.177. The van der Waals surface area contributed by atoms with Gasteiger partial charge in [0, 0.05) is 11.5 Å². The van der Waals surface area contributed by atoms with E-state index in [0.29, 0.717) is 22.6 Å². The number of nitrogens with two attached hydrogens (primary N) is 1. The number of primary amides is 1. The predicted molar refractivity (Wildman–Crippen MR) is 112 cm³/mol. The Morgan fingerprint density at radius 2 is 2.03 bits per heavy atom. The molecule has 32 heavy (non-hydrogen) atoms. The molecule has 0 spiro atoms. The first-order chi connectivity index (χ1) is 15.2. The molecular formula is C22H22FN5O4. The average Bonchev–Trinajstić information content (AvgIpc) is 3.20. The Morgan fingerprint density at radius 1 is 1.25 bits per heavy atom. The molecule has 10 heteroatoms. The quantitative estimate of drug-likeness (QED) is 0.585. The minimum atomic E-state index is -0.983. The predicted octanol–water partition coefficient (Wildman–Crippen LogP) is 2.31. The fourth-order valence-corrected chi connectivity index (χ4v) is 3.44. The Morgan fingerprint density at radius 3 is 2.66 bits per heavy atom. The second kappa shape index (κ2) is 8.46. The van der Waals surface area contributed by atoms with Gasteiger partial charge in [-0.2, -0.15) is 4.68 Å². The van der Waals surface area contributed by atoms with Crippen LogP contribution in [-0.4, -0.2) is 50.9 Å². The Hall–Kier alpha value is -3.66. The van der Waals surface area contributed by atoms with E-state index in [2.05, 4.69) is 15.5 Å². The molecule has 1 aliphatic rings. The van der Waals surface area contributed by atoms with E-state index in [9.17, 15) is 14.0 Å². The first-order valence-electron chi connectivity index (χ1n) is 10.1. The molecule has 9 nitrogen and oxygen atoms in total. The summed E-state index contributed by atoms with van der Waals surface area (Å²) in [6.45, 7) is 5.73. The van der Waals surface area contributed by atoms with Gasteiger partial charge in [0.05, 0.1) is 17.9 Å². The standard InChI is InChI=1S/C22H22FN5O4/c1-11(2)21-25-26-27-28(21)15-8-13(16-5-4-12(3)6-17(16)23)7-14(9-15)22(30)32-18-10-31-19(18)20(24)29/h4-9,11,18-19H,10H2,1-3H3,(H2,24,29). The smallest absolute Gasteiger partial charge is 0.338 e. The maximum Gasteiger partial charge on any atom is 0.338 e. The van der Waals surface area contributed by atoms with Crippen molar-refractivity contribution in [1.82, 2.24) is 20.2 Å². The zero-order valence-corrected chi connectivity index (χ0v) is 17.8. The summed E-state index contributed by atoms with van der Waals surface area (Å²) in [4.78, 5) is 24.3. The zero-order chi connectivity index (χ0) is 23.0. The van der Waals surface area contributed by atoms with Crippen molar-refractivity contribution >= 4 is 11.9 Å². The van der Waals surface area contributed by atoms with E-state index in [1.54, 1.807) is 31.2 Å². The van der Waals surface area contributed by atoms with Crippen LogP contribution in [0.2, 0.25) is 0 Å². The zero-order valence-electron chi connectivity index (χ0n) is 17.8. The van der Waals surface area contributed by atoms with Crippen LogP contribution in [0.5, 0.6) is 0 Å². The first-order valence-corrected chi connectivity index (χ1v) is 10.1. The number of carbonyl (C=O) groups is 2. The molecule has 0 saturated carbocycles. The minimum Gasteiger partial charge on any atom is -0.453 e. The molecule has 1 fully saturated rings. The minimum absolute atomic E-state index is 0.00335. The van der Waals surface area contributed by atoms with Crippen LogP contribution in [-0.2, 0) is 14.3 Å². The Bertz CT molecular complexity index is 1190. The number of nitrogens with zero attached hydrogens (tertiary/aromatic N) is 4. The van der Waals surface area contributed by atoms with Crippen LogP contribution in [0.15, 0.2) is 36.4 Å². The van der Waals surface area contributed by atoms with Gasteiger partial charge in [-0.3, -0.25) is 4.79 Å². The number of rotatable bonds is 6. The van der Waals surface area contributed by atoms with Crippen LogP contribution in [0, 0.1) is 12.7 Å². The Labute approximate surface area is 183 Å². The summed E-state index contributed by atoms with van der Waals surface area (Å²) in [6, 6.07) is 9.62. The lowest BCUT2D eigenvalue weighted by Crippen LogP contribution is -2.54. The second-order valence-corrected chi connectivity index (χ2v) is 7.96. The molecule has 2 heterocycles. The molecule has 1 aliphatic heterocycles.